The molecule has 0 bridgehead atoms. The van der Waals surface area contributed by atoms with Gasteiger partial charge in [0, 0.05) is 23.4 Å². The van der Waals surface area contributed by atoms with Crippen LogP contribution in [-0.4, -0.2) is 48.3 Å². The van der Waals surface area contributed by atoms with E-state index < -0.39 is 21.8 Å². The van der Waals surface area contributed by atoms with Gasteiger partial charge in [0.05, 0.1) is 23.8 Å². The third-order valence-electron chi connectivity index (χ3n) is 6.22. The Morgan fingerprint density at radius 3 is 2.70 bits per heavy atom. The molecular formula is C28H30N4O4S. The summed E-state index contributed by atoms with van der Waals surface area (Å²) in [6, 6.07) is 16.8. The number of unbranched alkanes of at least 4 members (excludes halogenated alkanes) is 1. The predicted octanol–water partition coefficient (Wildman–Crippen LogP) is 4.24. The molecule has 4 rings (SSSR count). The molecule has 8 nitrogen and oxygen atoms in total. The summed E-state index contributed by atoms with van der Waals surface area (Å²) in [6.45, 7) is 4.73. The number of aryl methyl sites for hydroxylation is 1. The molecule has 1 fully saturated rings. The lowest BCUT2D eigenvalue weighted by Crippen LogP contribution is -2.36. The zero-order chi connectivity index (χ0) is 26.4. The number of para-hydroxylation sites is 1. The molecule has 3 aromatic rings. The van der Waals surface area contributed by atoms with Crippen molar-refractivity contribution in [3.8, 4) is 28.8 Å². The van der Waals surface area contributed by atoms with Crippen molar-refractivity contribution in [1.82, 2.24) is 15.1 Å². The van der Waals surface area contributed by atoms with Crippen LogP contribution >= 0.6 is 0 Å². The summed E-state index contributed by atoms with van der Waals surface area (Å²) in [7, 11) is -3.16. The number of hydrogen-bond donors (Lipinski definition) is 1. The molecule has 1 atom stereocenters. The largest absolute Gasteiger partial charge is 0.494 e. The Labute approximate surface area is 217 Å². The summed E-state index contributed by atoms with van der Waals surface area (Å²) >= 11 is 0. The molecule has 0 spiro atoms. The van der Waals surface area contributed by atoms with Crippen LogP contribution in [0.3, 0.4) is 0 Å². The number of carbonyl (C=O) groups is 1. The maximum atomic E-state index is 12.9. The highest BCUT2D eigenvalue weighted by Gasteiger charge is 2.29. The molecule has 0 saturated carbocycles. The van der Waals surface area contributed by atoms with Gasteiger partial charge in [0.2, 0.25) is 0 Å². The number of rotatable bonds is 9. The third-order valence-corrected chi connectivity index (χ3v) is 7.98. The summed E-state index contributed by atoms with van der Waals surface area (Å²) in [5.74, 6) is 0.104. The van der Waals surface area contributed by atoms with E-state index in [-0.39, 0.29) is 17.1 Å². The maximum absolute atomic E-state index is 12.9. The molecule has 1 aromatic heterocycles. The SMILES string of the molecule is CCCCOc1ccc(-c2nn(-c3ccccc3)cc2/C=C(\C#N)C(=O)N[C@H]2CCS(=O)(=O)C2)c(C)c1. The number of carbonyl (C=O) groups excluding carboxylic acids is 1. The van der Waals surface area contributed by atoms with Crippen molar-refractivity contribution in [1.29, 1.82) is 5.26 Å². The summed E-state index contributed by atoms with van der Waals surface area (Å²) < 4.78 is 31.1. The molecule has 9 heteroatoms. The monoisotopic (exact) mass is 518 g/mol. The minimum absolute atomic E-state index is 0.0367. The van der Waals surface area contributed by atoms with Crippen LogP contribution in [0.4, 0.5) is 0 Å². The van der Waals surface area contributed by atoms with Crippen molar-refractivity contribution in [3.63, 3.8) is 0 Å². The molecule has 1 aliphatic rings. The van der Waals surface area contributed by atoms with E-state index in [1.54, 1.807) is 10.9 Å². The number of nitrogens with one attached hydrogen (secondary N) is 1. The smallest absolute Gasteiger partial charge is 0.262 e. The Bertz CT molecular complexity index is 1450. The van der Waals surface area contributed by atoms with Gasteiger partial charge in [-0.05, 0) is 61.7 Å². The number of amides is 1. The van der Waals surface area contributed by atoms with Gasteiger partial charge in [-0.2, -0.15) is 10.4 Å². The highest BCUT2D eigenvalue weighted by atomic mass is 32.2. The fourth-order valence-corrected chi connectivity index (χ4v) is 5.89. The first-order valence-corrected chi connectivity index (χ1v) is 14.1. The molecule has 0 radical (unpaired) electrons. The molecule has 0 aliphatic carbocycles. The lowest BCUT2D eigenvalue weighted by Gasteiger charge is -2.11. The molecule has 37 heavy (non-hydrogen) atoms. The van der Waals surface area contributed by atoms with Crippen LogP contribution in [0.25, 0.3) is 23.0 Å². The van der Waals surface area contributed by atoms with E-state index >= 15 is 0 Å². The second-order valence-electron chi connectivity index (χ2n) is 9.14. The maximum Gasteiger partial charge on any atom is 0.262 e. The zero-order valence-corrected chi connectivity index (χ0v) is 21.8. The van der Waals surface area contributed by atoms with Gasteiger partial charge in [-0.1, -0.05) is 31.5 Å². The Morgan fingerprint density at radius 2 is 2.05 bits per heavy atom. The van der Waals surface area contributed by atoms with Gasteiger partial charge in [-0.15, -0.1) is 0 Å². The number of ether oxygens (including phenoxy) is 1. The number of nitriles is 1. The Morgan fingerprint density at radius 1 is 1.27 bits per heavy atom. The van der Waals surface area contributed by atoms with Crippen molar-refractivity contribution in [2.75, 3.05) is 18.1 Å². The first-order chi connectivity index (χ1) is 17.8. The second kappa shape index (κ2) is 11.4. The van der Waals surface area contributed by atoms with E-state index in [1.807, 2.05) is 61.5 Å². The molecule has 1 N–H and O–H groups in total. The topological polar surface area (TPSA) is 114 Å². The average Bonchev–Trinajstić information content (AvgIpc) is 3.45. The minimum Gasteiger partial charge on any atom is -0.494 e. The van der Waals surface area contributed by atoms with Crippen LogP contribution in [0.15, 0.2) is 60.3 Å². The molecule has 0 unspecified atom stereocenters. The van der Waals surface area contributed by atoms with Gasteiger partial charge in [-0.25, -0.2) is 13.1 Å². The highest BCUT2D eigenvalue weighted by Crippen LogP contribution is 2.31. The predicted molar refractivity (Wildman–Crippen MR) is 143 cm³/mol. The Balaban J connectivity index is 1.70. The molecular weight excluding hydrogens is 488 g/mol. The first kappa shape index (κ1) is 26.2. The molecule has 2 heterocycles. The number of nitrogens with zero attached hydrogens (tertiary/aromatic N) is 3. The quantitative estimate of drug-likeness (QED) is 0.258. The molecule has 1 aliphatic heterocycles. The van der Waals surface area contributed by atoms with Crippen LogP contribution in [0.1, 0.15) is 37.3 Å². The van der Waals surface area contributed by atoms with E-state index in [9.17, 15) is 18.5 Å². The summed E-state index contributed by atoms with van der Waals surface area (Å²) in [5.41, 5.74) is 3.72. The van der Waals surface area contributed by atoms with E-state index in [0.29, 0.717) is 24.3 Å². The van der Waals surface area contributed by atoms with E-state index in [1.165, 1.54) is 6.08 Å². The normalized spacial score (nSPS) is 16.8. The van der Waals surface area contributed by atoms with Crippen LogP contribution in [0, 0.1) is 18.3 Å². The fraction of sp³-hybridized carbons (Fsp3) is 0.321. The number of benzene rings is 2. The fourth-order valence-electron chi connectivity index (χ4n) is 4.22. The molecule has 1 saturated heterocycles. The van der Waals surface area contributed by atoms with Crippen LogP contribution < -0.4 is 10.1 Å². The van der Waals surface area contributed by atoms with Crippen LogP contribution in [0.5, 0.6) is 5.75 Å². The van der Waals surface area contributed by atoms with E-state index in [4.69, 9.17) is 9.84 Å². The van der Waals surface area contributed by atoms with Crippen molar-refractivity contribution in [2.24, 2.45) is 0 Å². The number of hydrogen-bond acceptors (Lipinski definition) is 6. The lowest BCUT2D eigenvalue weighted by atomic mass is 10.0. The number of sulfone groups is 1. The molecule has 192 valence electrons. The lowest BCUT2D eigenvalue weighted by molar-refractivity contribution is -0.117. The second-order valence-corrected chi connectivity index (χ2v) is 11.4. The summed E-state index contributed by atoms with van der Waals surface area (Å²) in [4.78, 5) is 12.9. The highest BCUT2D eigenvalue weighted by molar-refractivity contribution is 7.91. The van der Waals surface area contributed by atoms with Crippen molar-refractivity contribution in [2.45, 2.75) is 39.2 Å². The van der Waals surface area contributed by atoms with Gasteiger partial charge in [0.25, 0.3) is 5.91 Å². The summed E-state index contributed by atoms with van der Waals surface area (Å²) in [5, 5.41) is 17.3. The summed E-state index contributed by atoms with van der Waals surface area (Å²) in [6.07, 6.45) is 5.65. The van der Waals surface area contributed by atoms with Gasteiger partial charge in [0.1, 0.15) is 23.1 Å². The van der Waals surface area contributed by atoms with Crippen LogP contribution in [-0.2, 0) is 14.6 Å². The van der Waals surface area contributed by atoms with Crippen LogP contribution in [0.2, 0.25) is 0 Å². The standard InChI is InChI=1S/C28H30N4O4S/c1-3-4-13-36-25-10-11-26(20(2)15-25)27-22(18-32(31-27)24-8-6-5-7-9-24)16-21(17-29)28(33)30-23-12-14-37(34,35)19-23/h5-11,15-16,18,23H,3-4,12-14,19H2,1-2H3,(H,30,33)/b21-16+/t23-/m0/s1. The van der Waals surface area contributed by atoms with Gasteiger partial charge in [0.15, 0.2) is 9.84 Å². The average molecular weight is 519 g/mol. The van der Waals surface area contributed by atoms with Gasteiger partial charge >= 0.3 is 0 Å². The van der Waals surface area contributed by atoms with Gasteiger partial charge < -0.3 is 10.1 Å². The minimum atomic E-state index is -3.16. The van der Waals surface area contributed by atoms with Crippen molar-refractivity contribution < 1.29 is 17.9 Å². The van der Waals surface area contributed by atoms with E-state index in [0.717, 1.165) is 35.4 Å². The van der Waals surface area contributed by atoms with Gasteiger partial charge in [-0.3, -0.25) is 4.79 Å². The van der Waals surface area contributed by atoms with E-state index in [2.05, 4.69) is 12.2 Å². The number of aromatic nitrogens is 2. The molecule has 1 amide bonds. The Kier molecular flexibility index (Phi) is 8.09. The molecule has 2 aromatic carbocycles. The van der Waals surface area contributed by atoms with Crippen molar-refractivity contribution in [3.05, 3.63) is 71.4 Å². The van der Waals surface area contributed by atoms with Crippen molar-refractivity contribution >= 4 is 21.8 Å². The first-order valence-electron chi connectivity index (χ1n) is 12.3. The zero-order valence-electron chi connectivity index (χ0n) is 21.0. The third kappa shape index (κ3) is 6.46. The Hall–Kier alpha value is -3.90.